The molecule has 0 saturated carbocycles. The molecule has 1 aliphatic heterocycles. The molecule has 1 aliphatic rings. The van der Waals surface area contributed by atoms with Gasteiger partial charge in [-0.05, 0) is 26.7 Å². The predicted octanol–water partition coefficient (Wildman–Crippen LogP) is 0.372. The molecule has 0 aromatic heterocycles. The molecule has 7 heteroatoms. The Morgan fingerprint density at radius 1 is 1.35 bits per heavy atom. The highest BCUT2D eigenvalue weighted by molar-refractivity contribution is 7.86. The average molecular weight is 261 g/mol. The van der Waals surface area contributed by atoms with E-state index >= 15 is 0 Å². The van der Waals surface area contributed by atoms with Crippen LogP contribution in [0.5, 0.6) is 0 Å². The monoisotopic (exact) mass is 261 g/mol. The quantitative estimate of drug-likeness (QED) is 0.542. The van der Waals surface area contributed by atoms with Crippen LogP contribution in [0, 0.1) is 0 Å². The fraction of sp³-hybridized carbons (Fsp3) is 0.900. The van der Waals surface area contributed by atoms with E-state index in [4.69, 9.17) is 0 Å². The Balaban J connectivity index is 2.68. The van der Waals surface area contributed by atoms with E-state index in [1.54, 1.807) is 7.05 Å². The highest BCUT2D eigenvalue weighted by atomic mass is 32.2. The molecule has 0 bridgehead atoms. The Bertz CT molecular complexity index is 393. The van der Waals surface area contributed by atoms with E-state index in [1.807, 2.05) is 13.8 Å². The first-order valence-electron chi connectivity index (χ1n) is 5.69. The first-order chi connectivity index (χ1) is 7.89. The van der Waals surface area contributed by atoms with E-state index in [1.165, 1.54) is 14.7 Å². The highest BCUT2D eigenvalue weighted by Crippen LogP contribution is 2.19. The van der Waals surface area contributed by atoms with Crippen molar-refractivity contribution in [2.75, 3.05) is 20.1 Å². The molecular formula is C10H19N3O3S. The van der Waals surface area contributed by atoms with E-state index in [9.17, 15) is 13.2 Å². The fourth-order valence-corrected chi connectivity index (χ4v) is 3.29. The van der Waals surface area contributed by atoms with Crippen LogP contribution >= 0.6 is 0 Å². The van der Waals surface area contributed by atoms with Gasteiger partial charge >= 0.3 is 0 Å². The summed E-state index contributed by atoms with van der Waals surface area (Å²) in [7, 11) is -1.79. The third-order valence-electron chi connectivity index (χ3n) is 3.08. The summed E-state index contributed by atoms with van der Waals surface area (Å²) in [4.78, 5) is 13.8. The zero-order chi connectivity index (χ0) is 13.1. The smallest absolute Gasteiger partial charge is 0.211 e. The minimum Gasteiger partial charge on any atom is -0.211 e. The van der Waals surface area contributed by atoms with Crippen LogP contribution in [0.25, 0.3) is 0 Å². The number of hydrogen-bond acceptors (Lipinski definition) is 4. The van der Waals surface area contributed by atoms with Crippen LogP contribution in [-0.4, -0.2) is 55.3 Å². The molecule has 1 heterocycles. The van der Waals surface area contributed by atoms with Gasteiger partial charge in [-0.2, -0.15) is 17.0 Å². The van der Waals surface area contributed by atoms with Gasteiger partial charge in [0, 0.05) is 26.2 Å². The summed E-state index contributed by atoms with van der Waals surface area (Å²) in [5, 5.41) is 0. The number of aliphatic imine (C=N–C) groups is 1. The van der Waals surface area contributed by atoms with Gasteiger partial charge in [-0.1, -0.05) is 0 Å². The fourth-order valence-electron chi connectivity index (χ4n) is 1.73. The van der Waals surface area contributed by atoms with Gasteiger partial charge in [0.15, 0.2) is 0 Å². The van der Waals surface area contributed by atoms with Crippen molar-refractivity contribution in [3.63, 3.8) is 0 Å². The summed E-state index contributed by atoms with van der Waals surface area (Å²) >= 11 is 0. The summed E-state index contributed by atoms with van der Waals surface area (Å²) in [6.45, 7) is 4.49. The third kappa shape index (κ3) is 3.35. The molecule has 1 rings (SSSR count). The Labute approximate surface area is 102 Å². The SMILES string of the molecule is CC(C)N(C)S(=O)(=O)N1CCC(N=C=O)CC1. The third-order valence-corrected chi connectivity index (χ3v) is 5.24. The number of piperidine rings is 1. The summed E-state index contributed by atoms with van der Waals surface area (Å²) < 4.78 is 27.1. The normalized spacial score (nSPS) is 19.6. The van der Waals surface area contributed by atoms with Gasteiger partial charge in [0.1, 0.15) is 0 Å². The van der Waals surface area contributed by atoms with Crippen molar-refractivity contribution in [1.29, 1.82) is 0 Å². The maximum absolute atomic E-state index is 12.1. The highest BCUT2D eigenvalue weighted by Gasteiger charge is 2.31. The molecule has 0 unspecified atom stereocenters. The molecule has 0 radical (unpaired) electrons. The van der Waals surface area contributed by atoms with Gasteiger partial charge in [0.25, 0.3) is 10.2 Å². The van der Waals surface area contributed by atoms with Crippen molar-refractivity contribution >= 4 is 16.3 Å². The summed E-state index contributed by atoms with van der Waals surface area (Å²) in [6.07, 6.45) is 2.70. The van der Waals surface area contributed by atoms with E-state index in [0.29, 0.717) is 25.9 Å². The average Bonchev–Trinajstić information content (AvgIpc) is 2.29. The molecule has 98 valence electrons. The van der Waals surface area contributed by atoms with Crippen LogP contribution in [-0.2, 0) is 15.0 Å². The standard InChI is InChI=1S/C10H19N3O3S/c1-9(2)12(3)17(15,16)13-6-4-10(5-7-13)11-8-14/h9-10H,4-7H2,1-3H3. The summed E-state index contributed by atoms with van der Waals surface area (Å²) in [5.74, 6) is 0. The lowest BCUT2D eigenvalue weighted by Crippen LogP contribution is -2.48. The van der Waals surface area contributed by atoms with Crippen LogP contribution < -0.4 is 0 Å². The molecule has 6 nitrogen and oxygen atoms in total. The predicted molar refractivity (Wildman–Crippen MR) is 64.5 cm³/mol. The molecule has 0 aliphatic carbocycles. The lowest BCUT2D eigenvalue weighted by molar-refractivity contribution is 0.286. The Morgan fingerprint density at radius 2 is 1.88 bits per heavy atom. The second kappa shape index (κ2) is 5.73. The first-order valence-corrected chi connectivity index (χ1v) is 7.09. The van der Waals surface area contributed by atoms with Crippen LogP contribution in [0.4, 0.5) is 0 Å². The molecule has 0 N–H and O–H groups in total. The van der Waals surface area contributed by atoms with Crippen molar-refractivity contribution in [2.45, 2.75) is 38.8 Å². The van der Waals surface area contributed by atoms with Gasteiger partial charge in [0.05, 0.1) is 6.04 Å². The zero-order valence-electron chi connectivity index (χ0n) is 10.5. The van der Waals surface area contributed by atoms with Crippen molar-refractivity contribution in [3.05, 3.63) is 0 Å². The van der Waals surface area contributed by atoms with Gasteiger partial charge in [-0.15, -0.1) is 0 Å². The second-order valence-electron chi connectivity index (χ2n) is 4.47. The molecule has 0 aromatic carbocycles. The number of carbonyl (C=O) groups excluding carboxylic acids is 1. The Kier molecular flexibility index (Phi) is 4.82. The maximum atomic E-state index is 12.1. The van der Waals surface area contributed by atoms with E-state index in [-0.39, 0.29) is 12.1 Å². The first kappa shape index (κ1) is 14.3. The molecule has 0 atom stereocenters. The van der Waals surface area contributed by atoms with Crippen LogP contribution in [0.15, 0.2) is 4.99 Å². The van der Waals surface area contributed by atoms with E-state index < -0.39 is 10.2 Å². The van der Waals surface area contributed by atoms with Gasteiger partial charge in [0.2, 0.25) is 6.08 Å². The van der Waals surface area contributed by atoms with Crippen molar-refractivity contribution < 1.29 is 13.2 Å². The topological polar surface area (TPSA) is 70.1 Å². The molecule has 0 spiro atoms. The minimum absolute atomic E-state index is 0.0641. The number of isocyanates is 1. The number of hydrogen-bond donors (Lipinski definition) is 0. The van der Waals surface area contributed by atoms with Gasteiger partial charge in [-0.25, -0.2) is 9.79 Å². The van der Waals surface area contributed by atoms with E-state index in [0.717, 1.165) is 0 Å². The van der Waals surface area contributed by atoms with E-state index in [2.05, 4.69) is 4.99 Å². The Hall–Kier alpha value is -0.750. The zero-order valence-corrected chi connectivity index (χ0v) is 11.3. The molecular weight excluding hydrogens is 242 g/mol. The minimum atomic E-state index is -3.37. The summed E-state index contributed by atoms with van der Waals surface area (Å²) in [5.41, 5.74) is 0. The lowest BCUT2D eigenvalue weighted by atomic mass is 10.1. The van der Waals surface area contributed by atoms with Crippen molar-refractivity contribution in [3.8, 4) is 0 Å². The summed E-state index contributed by atoms with van der Waals surface area (Å²) in [6, 6.07) is -0.144. The lowest BCUT2D eigenvalue weighted by Gasteiger charge is -2.33. The van der Waals surface area contributed by atoms with Crippen LogP contribution in [0.3, 0.4) is 0 Å². The maximum Gasteiger partial charge on any atom is 0.281 e. The molecule has 17 heavy (non-hydrogen) atoms. The van der Waals surface area contributed by atoms with Gasteiger partial charge in [-0.3, -0.25) is 0 Å². The van der Waals surface area contributed by atoms with Crippen molar-refractivity contribution in [1.82, 2.24) is 8.61 Å². The molecule has 0 amide bonds. The number of rotatable bonds is 4. The van der Waals surface area contributed by atoms with Crippen LogP contribution in [0.2, 0.25) is 0 Å². The largest absolute Gasteiger partial charge is 0.281 e. The van der Waals surface area contributed by atoms with Crippen LogP contribution in [0.1, 0.15) is 26.7 Å². The molecule has 0 aromatic rings. The molecule has 1 saturated heterocycles. The second-order valence-corrected chi connectivity index (χ2v) is 6.46. The van der Waals surface area contributed by atoms with Crippen molar-refractivity contribution in [2.24, 2.45) is 4.99 Å². The Morgan fingerprint density at radius 3 is 2.29 bits per heavy atom. The number of nitrogens with zero attached hydrogens (tertiary/aromatic N) is 3. The molecule has 1 fully saturated rings. The van der Waals surface area contributed by atoms with Gasteiger partial charge < -0.3 is 0 Å².